The number of nitrogens with one attached hydrogen (secondary N) is 1. The molecule has 0 spiro atoms. The summed E-state index contributed by atoms with van der Waals surface area (Å²) < 4.78 is 8.44. The Kier molecular flexibility index (Phi) is 4.85. The molecule has 0 bridgehead atoms. The Labute approximate surface area is 181 Å². The molecule has 1 aliphatic rings. The molecule has 0 saturated heterocycles. The first-order valence-electron chi connectivity index (χ1n) is 9.46. The van der Waals surface area contributed by atoms with Gasteiger partial charge in [-0.25, -0.2) is 15.0 Å². The van der Waals surface area contributed by atoms with E-state index in [-0.39, 0.29) is 0 Å². The lowest BCUT2D eigenvalue weighted by Crippen LogP contribution is -2.40. The van der Waals surface area contributed by atoms with E-state index in [1.54, 1.807) is 24.6 Å². The normalized spacial score (nSPS) is 18.7. The molecule has 8 heteroatoms. The molecule has 0 atom stereocenters. The van der Waals surface area contributed by atoms with E-state index < -0.39 is 0 Å². The van der Waals surface area contributed by atoms with Crippen molar-refractivity contribution in [2.24, 2.45) is 7.05 Å². The van der Waals surface area contributed by atoms with E-state index in [4.69, 9.17) is 14.7 Å². The molecule has 1 N–H and O–H groups in total. The van der Waals surface area contributed by atoms with Crippen molar-refractivity contribution in [1.29, 1.82) is 0 Å². The van der Waals surface area contributed by atoms with Crippen LogP contribution in [-0.4, -0.2) is 38.8 Å². The number of anilines is 1. The van der Waals surface area contributed by atoms with Gasteiger partial charge in [-0.1, -0.05) is 30.3 Å². The quantitative estimate of drug-likeness (QED) is 0.439. The molecule has 4 aromatic rings. The smallest absolute Gasteiger partial charge is 0.199 e. The van der Waals surface area contributed by atoms with Gasteiger partial charge in [-0.05, 0) is 34.3 Å². The number of hydrogen-bond acceptors (Lipinski definition) is 6. The highest BCUT2D eigenvalue weighted by molar-refractivity contribution is 9.11. The number of nitrogens with zero attached hydrogens (tertiary/aromatic N) is 4. The lowest BCUT2D eigenvalue weighted by Gasteiger charge is -2.35. The minimum absolute atomic E-state index is 0.321. The van der Waals surface area contributed by atoms with E-state index in [2.05, 4.69) is 50.5 Å². The Morgan fingerprint density at radius 3 is 2.69 bits per heavy atom. The molecule has 0 unspecified atom stereocenters. The molecular weight excluding hydrogens is 450 g/mol. The second-order valence-corrected chi connectivity index (χ2v) is 9.54. The number of thiophene rings is 1. The van der Waals surface area contributed by atoms with Gasteiger partial charge < -0.3 is 14.6 Å². The Hall–Kier alpha value is -2.29. The highest BCUT2D eigenvalue weighted by Crippen LogP contribution is 2.45. The molecule has 0 aliphatic heterocycles. The van der Waals surface area contributed by atoms with Crippen molar-refractivity contribution in [3.63, 3.8) is 0 Å². The Morgan fingerprint density at radius 1 is 1.21 bits per heavy atom. The molecule has 6 nitrogen and oxygen atoms in total. The van der Waals surface area contributed by atoms with Crippen molar-refractivity contribution in [1.82, 2.24) is 19.5 Å². The third-order valence-corrected chi connectivity index (χ3v) is 7.12. The van der Waals surface area contributed by atoms with Gasteiger partial charge in [0.05, 0.1) is 15.3 Å². The Balaban J connectivity index is 1.68. The topological polar surface area (TPSA) is 64.9 Å². The number of aryl methyl sites for hydroxylation is 1. The molecule has 148 valence electrons. The van der Waals surface area contributed by atoms with Crippen LogP contribution in [0, 0.1) is 0 Å². The van der Waals surface area contributed by atoms with Crippen LogP contribution in [-0.2, 0) is 11.8 Å². The van der Waals surface area contributed by atoms with E-state index >= 15 is 0 Å². The molecule has 1 aromatic carbocycles. The molecule has 3 heterocycles. The summed E-state index contributed by atoms with van der Waals surface area (Å²) in [7, 11) is 3.73. The minimum atomic E-state index is 0.321. The molecule has 5 rings (SSSR count). The van der Waals surface area contributed by atoms with Gasteiger partial charge in [-0.3, -0.25) is 0 Å². The highest BCUT2D eigenvalue weighted by atomic mass is 79.9. The summed E-state index contributed by atoms with van der Waals surface area (Å²) in [5, 5.41) is 4.70. The predicted octanol–water partition coefficient (Wildman–Crippen LogP) is 5.11. The molecule has 1 saturated carbocycles. The Bertz CT molecular complexity index is 1170. The van der Waals surface area contributed by atoms with Gasteiger partial charge in [0.15, 0.2) is 11.6 Å². The number of aromatic nitrogens is 4. The number of benzene rings is 1. The molecule has 1 aliphatic carbocycles. The van der Waals surface area contributed by atoms with Crippen molar-refractivity contribution >= 4 is 43.3 Å². The van der Waals surface area contributed by atoms with E-state index in [0.29, 0.717) is 18.0 Å². The SMILES string of the molecule is COC1CC(Nc2nc(-c3nccn3C)nc3sc(Br)c(-c4ccccc4)c23)C1. The first-order valence-corrected chi connectivity index (χ1v) is 11.1. The first kappa shape index (κ1) is 18.7. The van der Waals surface area contributed by atoms with Crippen molar-refractivity contribution in [3.05, 3.63) is 46.5 Å². The summed E-state index contributed by atoms with van der Waals surface area (Å²) in [6, 6.07) is 10.7. The fraction of sp³-hybridized carbons (Fsp3) is 0.286. The molecule has 3 aromatic heterocycles. The summed E-state index contributed by atoms with van der Waals surface area (Å²) >= 11 is 5.40. The van der Waals surface area contributed by atoms with Gasteiger partial charge in [-0.2, -0.15) is 0 Å². The van der Waals surface area contributed by atoms with Crippen LogP contribution in [0.4, 0.5) is 5.82 Å². The van der Waals surface area contributed by atoms with Crippen LogP contribution in [0.5, 0.6) is 0 Å². The molecular formula is C21H20BrN5OS. The van der Waals surface area contributed by atoms with Crippen molar-refractivity contribution in [2.75, 3.05) is 12.4 Å². The van der Waals surface area contributed by atoms with Crippen LogP contribution in [0.25, 0.3) is 33.0 Å². The largest absolute Gasteiger partial charge is 0.381 e. The van der Waals surface area contributed by atoms with Crippen LogP contribution < -0.4 is 5.32 Å². The maximum Gasteiger partial charge on any atom is 0.199 e. The van der Waals surface area contributed by atoms with Crippen LogP contribution in [0.1, 0.15) is 12.8 Å². The highest BCUT2D eigenvalue weighted by Gasteiger charge is 2.31. The summed E-state index contributed by atoms with van der Waals surface area (Å²) in [4.78, 5) is 15.2. The van der Waals surface area contributed by atoms with Crippen LogP contribution in [0.15, 0.2) is 46.5 Å². The zero-order valence-electron chi connectivity index (χ0n) is 16.1. The number of fused-ring (bicyclic) bond motifs is 1. The zero-order valence-corrected chi connectivity index (χ0v) is 18.5. The third-order valence-electron chi connectivity index (χ3n) is 5.36. The second-order valence-electron chi connectivity index (χ2n) is 7.22. The molecule has 1 fully saturated rings. The van der Waals surface area contributed by atoms with E-state index in [1.165, 1.54) is 0 Å². The van der Waals surface area contributed by atoms with Crippen molar-refractivity contribution in [2.45, 2.75) is 25.0 Å². The summed E-state index contributed by atoms with van der Waals surface area (Å²) in [6.07, 6.45) is 5.95. The van der Waals surface area contributed by atoms with Gasteiger partial charge >= 0.3 is 0 Å². The average Bonchev–Trinajstić information content (AvgIpc) is 3.27. The van der Waals surface area contributed by atoms with E-state index in [1.807, 2.05) is 23.9 Å². The lowest BCUT2D eigenvalue weighted by atomic mass is 9.89. The minimum Gasteiger partial charge on any atom is -0.381 e. The second kappa shape index (κ2) is 7.51. The third kappa shape index (κ3) is 3.35. The fourth-order valence-corrected chi connectivity index (χ4v) is 5.50. The van der Waals surface area contributed by atoms with Gasteiger partial charge in [0, 0.05) is 38.2 Å². The van der Waals surface area contributed by atoms with E-state index in [0.717, 1.165) is 49.6 Å². The maximum absolute atomic E-state index is 5.45. The standard InChI is InChI=1S/C21H20BrN5OS/c1-27-9-8-23-20(27)19-25-18(24-13-10-14(11-13)28-2)16-15(12-6-4-3-5-7-12)17(22)29-21(16)26-19/h3-9,13-14H,10-11H2,1-2H3,(H,24,25,26). The maximum atomic E-state index is 5.45. The molecule has 0 amide bonds. The van der Waals surface area contributed by atoms with Crippen molar-refractivity contribution < 1.29 is 4.74 Å². The number of methoxy groups -OCH3 is 1. The summed E-state index contributed by atoms with van der Waals surface area (Å²) in [5.41, 5.74) is 2.27. The number of imidazole rings is 1. The van der Waals surface area contributed by atoms with Gasteiger partial charge in [0.2, 0.25) is 0 Å². The van der Waals surface area contributed by atoms with Crippen LogP contribution in [0.2, 0.25) is 0 Å². The van der Waals surface area contributed by atoms with Gasteiger partial charge in [0.25, 0.3) is 0 Å². The number of halogens is 1. The van der Waals surface area contributed by atoms with E-state index in [9.17, 15) is 0 Å². The van der Waals surface area contributed by atoms with Gasteiger partial charge in [0.1, 0.15) is 10.6 Å². The number of hydrogen-bond donors (Lipinski definition) is 1. The van der Waals surface area contributed by atoms with Crippen LogP contribution >= 0.6 is 27.3 Å². The fourth-order valence-electron chi connectivity index (χ4n) is 3.69. The summed E-state index contributed by atoms with van der Waals surface area (Å²) in [6.45, 7) is 0. The summed E-state index contributed by atoms with van der Waals surface area (Å²) in [5.74, 6) is 2.24. The Morgan fingerprint density at radius 2 is 2.00 bits per heavy atom. The van der Waals surface area contributed by atoms with Crippen molar-refractivity contribution in [3.8, 4) is 22.8 Å². The average molecular weight is 470 g/mol. The number of ether oxygens (including phenoxy) is 1. The molecule has 0 radical (unpaired) electrons. The molecule has 29 heavy (non-hydrogen) atoms. The lowest BCUT2D eigenvalue weighted by molar-refractivity contribution is 0.0328. The number of rotatable bonds is 5. The first-order chi connectivity index (χ1) is 14.1. The van der Waals surface area contributed by atoms with Gasteiger partial charge in [-0.15, -0.1) is 11.3 Å². The predicted molar refractivity (Wildman–Crippen MR) is 120 cm³/mol. The monoisotopic (exact) mass is 469 g/mol. The zero-order chi connectivity index (χ0) is 20.0. The van der Waals surface area contributed by atoms with Crippen LogP contribution in [0.3, 0.4) is 0 Å².